The molecule has 0 saturated heterocycles. The fourth-order valence-corrected chi connectivity index (χ4v) is 2.27. The van der Waals surface area contributed by atoms with Gasteiger partial charge in [0.25, 0.3) is 5.82 Å². The Morgan fingerprint density at radius 3 is 2.94 bits per heavy atom. The number of rotatable bonds is 1. The molecule has 0 aliphatic carbocycles. The molecule has 2 heterocycles. The molecule has 0 N–H and O–H groups in total. The van der Waals surface area contributed by atoms with E-state index in [1.165, 1.54) is 10.6 Å². The highest BCUT2D eigenvalue weighted by molar-refractivity contribution is 5.50. The first kappa shape index (κ1) is 6.20. The topological polar surface area (TPSA) is 8.81 Å². The van der Waals surface area contributed by atoms with Gasteiger partial charge in [-0.05, 0) is 30.7 Å². The lowest BCUT2D eigenvalue weighted by atomic mass is 10.2. The summed E-state index contributed by atoms with van der Waals surface area (Å²) in [5.74, 6) is -0.00991. The van der Waals surface area contributed by atoms with Gasteiger partial charge in [-0.1, -0.05) is 18.2 Å². The van der Waals surface area contributed by atoms with Crippen molar-refractivity contribution in [3.63, 3.8) is 0 Å². The average Bonchev–Trinajstić information content (AvgIpc) is 2.87. The molecule has 0 fully saturated rings. The predicted octanol–water partition coefficient (Wildman–Crippen LogP) is 2.72. The molecule has 0 bridgehead atoms. The molecule has 0 spiro atoms. The maximum absolute atomic E-state index is 8.09. The SMILES string of the molecule is [2H]C([2H])([2H])c1n(-c2ccccc2C)c(C)c2[n+]1C([2H])([2H])C=C2. The van der Waals surface area contributed by atoms with Crippen LogP contribution in [-0.4, -0.2) is 4.57 Å². The van der Waals surface area contributed by atoms with Crippen LogP contribution < -0.4 is 4.57 Å². The zero-order valence-electron chi connectivity index (χ0n) is 14.9. The molecule has 2 heteroatoms. The highest BCUT2D eigenvalue weighted by atomic mass is 15.2. The summed E-state index contributed by atoms with van der Waals surface area (Å²) in [5.41, 5.74) is 3.02. The van der Waals surface area contributed by atoms with Crippen molar-refractivity contribution in [1.82, 2.24) is 4.57 Å². The van der Waals surface area contributed by atoms with Crippen LogP contribution in [0, 0.1) is 20.7 Å². The third-order valence-corrected chi connectivity index (χ3v) is 3.17. The van der Waals surface area contributed by atoms with Crippen LogP contribution in [0.1, 0.15) is 29.6 Å². The van der Waals surface area contributed by atoms with Gasteiger partial charge >= 0.3 is 0 Å². The van der Waals surface area contributed by atoms with E-state index < -0.39 is 13.3 Å². The lowest BCUT2D eigenvalue weighted by molar-refractivity contribution is -0.689. The van der Waals surface area contributed by atoms with Crippen molar-refractivity contribution >= 4 is 6.08 Å². The number of aryl methyl sites for hydroxylation is 1. The third kappa shape index (κ3) is 1.37. The first-order valence-corrected chi connectivity index (χ1v) is 5.58. The molecule has 3 rings (SSSR count). The fraction of sp³-hybridized carbons (Fsp3) is 0.267. The molecule has 1 aromatic heterocycles. The number of benzene rings is 1. The Bertz CT molecular complexity index is 784. The van der Waals surface area contributed by atoms with Gasteiger partial charge in [-0.3, -0.25) is 0 Å². The Kier molecular flexibility index (Phi) is 1.31. The van der Waals surface area contributed by atoms with Gasteiger partial charge in [0.05, 0.1) is 2.74 Å². The maximum Gasteiger partial charge on any atom is 0.259 e. The number of hydrogen-bond acceptors (Lipinski definition) is 0. The highest BCUT2D eigenvalue weighted by Gasteiger charge is 2.27. The summed E-state index contributed by atoms with van der Waals surface area (Å²) in [6.07, 6.45) is 3.05. The quantitative estimate of drug-likeness (QED) is 0.666. The molecular weight excluding hydrogens is 208 g/mol. The molecule has 2 aromatic rings. The van der Waals surface area contributed by atoms with E-state index in [1.807, 2.05) is 38.1 Å². The molecule has 2 nitrogen and oxygen atoms in total. The number of nitrogens with zero attached hydrogens (tertiary/aromatic N) is 2. The van der Waals surface area contributed by atoms with Crippen molar-refractivity contribution < 1.29 is 11.4 Å². The van der Waals surface area contributed by atoms with Gasteiger partial charge in [-0.25, -0.2) is 4.57 Å². The summed E-state index contributed by atoms with van der Waals surface area (Å²) in [6.45, 7) is -0.528. The third-order valence-electron chi connectivity index (χ3n) is 3.17. The lowest BCUT2D eigenvalue weighted by Gasteiger charge is -2.04. The van der Waals surface area contributed by atoms with Crippen LogP contribution in [0.3, 0.4) is 0 Å². The second-order valence-electron chi connectivity index (χ2n) is 4.21. The van der Waals surface area contributed by atoms with Crippen LogP contribution in [0.2, 0.25) is 0 Å². The van der Waals surface area contributed by atoms with Crippen LogP contribution in [-0.2, 0) is 6.50 Å². The molecule has 17 heavy (non-hydrogen) atoms. The van der Waals surface area contributed by atoms with Gasteiger partial charge in [0.2, 0.25) is 0 Å². The maximum atomic E-state index is 8.09. The van der Waals surface area contributed by atoms with E-state index in [0.717, 1.165) is 16.9 Å². The van der Waals surface area contributed by atoms with Crippen molar-refractivity contribution in [3.8, 4) is 5.69 Å². The van der Waals surface area contributed by atoms with Gasteiger partial charge in [0.15, 0.2) is 11.4 Å². The van der Waals surface area contributed by atoms with Crippen molar-refractivity contribution in [2.24, 2.45) is 0 Å². The molecule has 86 valence electrons. The second kappa shape index (κ2) is 3.59. The first-order chi connectivity index (χ1) is 10.1. The zero-order valence-corrected chi connectivity index (χ0v) is 9.86. The number of allylic oxidation sites excluding steroid dienone is 1. The second-order valence-corrected chi connectivity index (χ2v) is 4.21. The van der Waals surface area contributed by atoms with Crippen molar-refractivity contribution in [2.45, 2.75) is 27.2 Å². The highest BCUT2D eigenvalue weighted by Crippen LogP contribution is 2.22. The van der Waals surface area contributed by atoms with Gasteiger partial charge < -0.3 is 0 Å². The van der Waals surface area contributed by atoms with Gasteiger partial charge in [0, 0.05) is 17.9 Å². The summed E-state index contributed by atoms with van der Waals surface area (Å²) in [4.78, 5) is 0. The van der Waals surface area contributed by atoms with Gasteiger partial charge in [-0.15, -0.1) is 0 Å². The smallest absolute Gasteiger partial charge is 0.224 e. The number of aromatic nitrogens is 2. The zero-order chi connectivity index (χ0) is 16.3. The van der Waals surface area contributed by atoms with Crippen LogP contribution in [0.5, 0.6) is 0 Å². The molecule has 0 unspecified atom stereocenters. The Labute approximate surface area is 109 Å². The van der Waals surface area contributed by atoms with Crippen LogP contribution >= 0.6 is 0 Å². The van der Waals surface area contributed by atoms with E-state index in [0.29, 0.717) is 5.69 Å². The lowest BCUT2D eigenvalue weighted by Crippen LogP contribution is -2.35. The summed E-state index contributed by atoms with van der Waals surface area (Å²) in [5, 5.41) is 0. The van der Waals surface area contributed by atoms with E-state index in [1.54, 1.807) is 10.6 Å². The summed E-state index contributed by atoms with van der Waals surface area (Å²) in [6, 6.07) is 7.52. The van der Waals surface area contributed by atoms with Crippen molar-refractivity contribution in [2.75, 3.05) is 0 Å². The number of fused-ring (bicyclic) bond motifs is 1. The minimum Gasteiger partial charge on any atom is -0.224 e. The van der Waals surface area contributed by atoms with Crippen LogP contribution in [0.15, 0.2) is 30.3 Å². The summed E-state index contributed by atoms with van der Waals surface area (Å²) < 4.78 is 42.8. The van der Waals surface area contributed by atoms with E-state index in [-0.39, 0.29) is 5.82 Å². The van der Waals surface area contributed by atoms with Crippen molar-refractivity contribution in [1.29, 1.82) is 0 Å². The fourth-order valence-electron chi connectivity index (χ4n) is 2.27. The summed E-state index contributed by atoms with van der Waals surface area (Å²) in [7, 11) is 0. The molecule has 1 aliphatic rings. The number of para-hydroxylation sites is 1. The largest absolute Gasteiger partial charge is 0.259 e. The molecule has 0 amide bonds. The number of hydrogen-bond donors (Lipinski definition) is 0. The normalized spacial score (nSPS) is 21.2. The Hall–Kier alpha value is -1.83. The Morgan fingerprint density at radius 1 is 1.35 bits per heavy atom. The van der Waals surface area contributed by atoms with Gasteiger partial charge in [0.1, 0.15) is 12.2 Å². The summed E-state index contributed by atoms with van der Waals surface area (Å²) >= 11 is 0. The van der Waals surface area contributed by atoms with Crippen molar-refractivity contribution in [3.05, 3.63) is 53.1 Å². The van der Waals surface area contributed by atoms with E-state index in [2.05, 4.69) is 0 Å². The standard InChI is InChI=1S/C15H17N2/c1-11-7-4-5-8-14(11)17-12(2)15-9-6-10-16(15)13(17)3/h4-9H,10H2,1-3H3/q+1/i3D3,10D2. The number of imidazole rings is 1. The molecule has 1 aromatic carbocycles. The van der Waals surface area contributed by atoms with E-state index >= 15 is 0 Å². The van der Waals surface area contributed by atoms with E-state index in [4.69, 9.17) is 6.85 Å². The Balaban J connectivity index is 2.43. The minimum atomic E-state index is -2.43. The first-order valence-electron chi connectivity index (χ1n) is 8.08. The molecule has 0 saturated carbocycles. The molecule has 1 aliphatic heterocycles. The molecular formula is C15H17N2+. The van der Waals surface area contributed by atoms with Crippen LogP contribution in [0.4, 0.5) is 0 Å². The predicted molar refractivity (Wildman–Crippen MR) is 69.2 cm³/mol. The minimum absolute atomic E-state index is 0.00991. The molecule has 0 radical (unpaired) electrons. The average molecular weight is 230 g/mol. The Morgan fingerprint density at radius 2 is 2.18 bits per heavy atom. The van der Waals surface area contributed by atoms with Crippen LogP contribution in [0.25, 0.3) is 11.8 Å². The monoisotopic (exact) mass is 230 g/mol. The van der Waals surface area contributed by atoms with E-state index in [9.17, 15) is 0 Å². The van der Waals surface area contributed by atoms with Gasteiger partial charge in [-0.2, -0.15) is 4.57 Å². The molecule has 0 atom stereocenters.